The molecule has 1 rings (SSSR count). The SMILES string of the molecule is CC/C=C(/NCCOCC)C1=C(C)CNC(CN(C)[C@H](CC)CCC/C(C)=C/[C@@H](C)CN)C1. The minimum atomic E-state index is 0.484. The summed E-state index contributed by atoms with van der Waals surface area (Å²) in [5.41, 5.74) is 11.5. The molecular formula is C28H54N4O. The molecule has 0 saturated carbocycles. The molecule has 5 heteroatoms. The maximum atomic E-state index is 5.76. The summed E-state index contributed by atoms with van der Waals surface area (Å²) in [5.74, 6) is 0.484. The van der Waals surface area contributed by atoms with Crippen LogP contribution in [0.15, 0.2) is 34.6 Å². The lowest BCUT2D eigenvalue weighted by Crippen LogP contribution is -2.46. The van der Waals surface area contributed by atoms with Crippen molar-refractivity contribution in [2.24, 2.45) is 11.7 Å². The van der Waals surface area contributed by atoms with E-state index < -0.39 is 0 Å². The Balaban J connectivity index is 2.63. The highest BCUT2D eigenvalue weighted by molar-refractivity contribution is 5.36. The highest BCUT2D eigenvalue weighted by atomic mass is 16.5. The quantitative estimate of drug-likeness (QED) is 0.210. The molecule has 0 radical (unpaired) electrons. The van der Waals surface area contributed by atoms with Crippen LogP contribution in [0.2, 0.25) is 0 Å². The molecule has 0 aromatic heterocycles. The Hall–Kier alpha value is -1.14. The number of hydrogen-bond donors (Lipinski definition) is 3. The summed E-state index contributed by atoms with van der Waals surface area (Å²) in [7, 11) is 2.31. The fourth-order valence-electron chi connectivity index (χ4n) is 4.76. The first-order valence-electron chi connectivity index (χ1n) is 13.4. The number of nitrogens with one attached hydrogen (secondary N) is 2. The van der Waals surface area contributed by atoms with Gasteiger partial charge in [-0.25, -0.2) is 0 Å². The predicted octanol–water partition coefficient (Wildman–Crippen LogP) is 5.01. The van der Waals surface area contributed by atoms with Gasteiger partial charge in [0.2, 0.25) is 0 Å². The molecule has 1 aliphatic rings. The number of rotatable bonds is 17. The van der Waals surface area contributed by atoms with E-state index in [1.54, 1.807) is 0 Å². The third-order valence-corrected chi connectivity index (χ3v) is 6.77. The maximum absolute atomic E-state index is 5.76. The number of nitrogens with two attached hydrogens (primary N) is 1. The largest absolute Gasteiger partial charge is 0.383 e. The normalized spacial score (nSPS) is 19.8. The van der Waals surface area contributed by atoms with E-state index >= 15 is 0 Å². The third-order valence-electron chi connectivity index (χ3n) is 6.77. The van der Waals surface area contributed by atoms with Gasteiger partial charge in [-0.15, -0.1) is 0 Å². The summed E-state index contributed by atoms with van der Waals surface area (Å²) < 4.78 is 5.53. The standard InChI is InChI=1S/C28H54N4O/c1-8-12-28(30-15-16-33-10-3)27-18-25(31-20-24(27)6)21-32(7)26(9-2)14-11-13-22(4)17-23(5)19-29/h12,17,23,25-26,30-31H,8-11,13-16,18-21,29H2,1-7H3/b22-17+,28-12+/t23-,25?,26-/m1/s1. The van der Waals surface area contributed by atoms with Crippen molar-refractivity contribution >= 4 is 0 Å². The van der Waals surface area contributed by atoms with Gasteiger partial charge in [-0.3, -0.25) is 0 Å². The summed E-state index contributed by atoms with van der Waals surface area (Å²) in [4.78, 5) is 2.59. The van der Waals surface area contributed by atoms with Crippen molar-refractivity contribution in [2.45, 2.75) is 92.2 Å². The van der Waals surface area contributed by atoms with Gasteiger partial charge in [0.05, 0.1) is 6.61 Å². The zero-order valence-electron chi connectivity index (χ0n) is 22.8. The van der Waals surface area contributed by atoms with E-state index in [1.165, 1.54) is 48.1 Å². The molecule has 0 aromatic rings. The fraction of sp³-hybridized carbons (Fsp3) is 0.786. The number of likely N-dealkylation sites (N-methyl/N-ethyl adjacent to an activating group) is 1. The minimum absolute atomic E-state index is 0.484. The van der Waals surface area contributed by atoms with Crippen LogP contribution in [0.5, 0.6) is 0 Å². The Labute approximate surface area is 205 Å². The first kappa shape index (κ1) is 29.9. The second-order valence-electron chi connectivity index (χ2n) is 9.81. The van der Waals surface area contributed by atoms with Gasteiger partial charge in [-0.2, -0.15) is 0 Å². The third kappa shape index (κ3) is 11.7. The predicted molar refractivity (Wildman–Crippen MR) is 145 cm³/mol. The molecule has 3 atom stereocenters. The van der Waals surface area contributed by atoms with E-state index in [9.17, 15) is 0 Å². The van der Waals surface area contributed by atoms with Crippen molar-refractivity contribution in [3.8, 4) is 0 Å². The maximum Gasteiger partial charge on any atom is 0.0638 e. The Bertz CT molecular complexity index is 625. The van der Waals surface area contributed by atoms with Gasteiger partial charge in [0, 0.05) is 44.0 Å². The van der Waals surface area contributed by atoms with E-state index in [0.717, 1.165) is 52.2 Å². The van der Waals surface area contributed by atoms with Gasteiger partial charge in [0.1, 0.15) is 0 Å². The summed E-state index contributed by atoms with van der Waals surface area (Å²) in [6.07, 6.45) is 11.7. The highest BCUT2D eigenvalue weighted by Gasteiger charge is 2.24. The first-order valence-corrected chi connectivity index (χ1v) is 13.4. The molecule has 0 bridgehead atoms. The van der Waals surface area contributed by atoms with Crippen molar-refractivity contribution in [1.82, 2.24) is 15.5 Å². The molecule has 0 aliphatic carbocycles. The Kier molecular flexibility index (Phi) is 15.7. The monoisotopic (exact) mass is 462 g/mol. The summed E-state index contributed by atoms with van der Waals surface area (Å²) in [6.45, 7) is 18.5. The lowest BCUT2D eigenvalue weighted by molar-refractivity contribution is 0.151. The molecule has 192 valence electrons. The van der Waals surface area contributed by atoms with Crippen LogP contribution in [0, 0.1) is 5.92 Å². The fourth-order valence-corrected chi connectivity index (χ4v) is 4.76. The summed E-state index contributed by atoms with van der Waals surface area (Å²) in [5, 5.41) is 7.43. The molecule has 4 N–H and O–H groups in total. The van der Waals surface area contributed by atoms with Gasteiger partial charge >= 0.3 is 0 Å². The van der Waals surface area contributed by atoms with Gasteiger partial charge in [-0.05, 0) is 84.4 Å². The molecule has 1 heterocycles. The van der Waals surface area contributed by atoms with Gasteiger partial charge in [0.25, 0.3) is 0 Å². The van der Waals surface area contributed by atoms with Crippen molar-refractivity contribution < 1.29 is 4.74 Å². The lowest BCUT2D eigenvalue weighted by Gasteiger charge is -2.35. The van der Waals surface area contributed by atoms with Gasteiger partial charge in [0.15, 0.2) is 0 Å². The van der Waals surface area contributed by atoms with Crippen LogP contribution in [0.4, 0.5) is 0 Å². The molecule has 0 amide bonds. The Morgan fingerprint density at radius 1 is 1.33 bits per heavy atom. The molecule has 0 fully saturated rings. The second kappa shape index (κ2) is 17.3. The van der Waals surface area contributed by atoms with Crippen LogP contribution < -0.4 is 16.4 Å². The average Bonchev–Trinajstić information content (AvgIpc) is 2.80. The van der Waals surface area contributed by atoms with Crippen molar-refractivity contribution in [3.63, 3.8) is 0 Å². The number of ether oxygens (including phenoxy) is 1. The van der Waals surface area contributed by atoms with Crippen LogP contribution in [-0.2, 0) is 4.74 Å². The molecule has 0 aromatic carbocycles. The summed E-state index contributed by atoms with van der Waals surface area (Å²) >= 11 is 0. The number of nitrogens with zero attached hydrogens (tertiary/aromatic N) is 1. The van der Waals surface area contributed by atoms with Crippen LogP contribution in [0.1, 0.15) is 80.1 Å². The molecule has 0 saturated heterocycles. The molecule has 0 spiro atoms. The van der Waals surface area contributed by atoms with Crippen molar-refractivity contribution in [2.75, 3.05) is 46.4 Å². The highest BCUT2D eigenvalue weighted by Crippen LogP contribution is 2.24. The average molecular weight is 463 g/mol. The van der Waals surface area contributed by atoms with E-state index in [1.807, 2.05) is 6.92 Å². The Morgan fingerprint density at radius 3 is 2.73 bits per heavy atom. The van der Waals surface area contributed by atoms with Crippen LogP contribution >= 0.6 is 0 Å². The molecule has 33 heavy (non-hydrogen) atoms. The van der Waals surface area contributed by atoms with E-state index in [2.05, 4.69) is 69.4 Å². The van der Waals surface area contributed by atoms with E-state index in [-0.39, 0.29) is 0 Å². The second-order valence-corrected chi connectivity index (χ2v) is 9.81. The minimum Gasteiger partial charge on any atom is -0.383 e. The topological polar surface area (TPSA) is 62.5 Å². The first-order chi connectivity index (χ1) is 15.9. The molecule has 1 unspecified atom stereocenters. The van der Waals surface area contributed by atoms with Gasteiger partial charge < -0.3 is 26.0 Å². The number of allylic oxidation sites excluding steroid dienone is 3. The lowest BCUT2D eigenvalue weighted by atomic mass is 9.92. The molecule has 1 aliphatic heterocycles. The number of hydrogen-bond acceptors (Lipinski definition) is 5. The smallest absolute Gasteiger partial charge is 0.0638 e. The van der Waals surface area contributed by atoms with Crippen LogP contribution in [0.3, 0.4) is 0 Å². The van der Waals surface area contributed by atoms with Gasteiger partial charge in [-0.1, -0.05) is 44.1 Å². The van der Waals surface area contributed by atoms with Crippen LogP contribution in [-0.4, -0.2) is 63.4 Å². The van der Waals surface area contributed by atoms with Crippen molar-refractivity contribution in [1.29, 1.82) is 0 Å². The Morgan fingerprint density at radius 2 is 2.09 bits per heavy atom. The molecule has 5 nitrogen and oxygen atoms in total. The summed E-state index contributed by atoms with van der Waals surface area (Å²) in [6, 6.07) is 1.13. The van der Waals surface area contributed by atoms with Crippen molar-refractivity contribution in [3.05, 3.63) is 34.6 Å². The van der Waals surface area contributed by atoms with Crippen LogP contribution in [0.25, 0.3) is 0 Å². The van der Waals surface area contributed by atoms with E-state index in [0.29, 0.717) is 18.0 Å². The van der Waals surface area contributed by atoms with E-state index in [4.69, 9.17) is 10.5 Å². The molecular weight excluding hydrogens is 408 g/mol. The zero-order valence-corrected chi connectivity index (χ0v) is 22.8. The zero-order chi connectivity index (χ0) is 24.6.